The van der Waals surface area contributed by atoms with Gasteiger partial charge >= 0.3 is 11.9 Å². The molecule has 1 aromatic carbocycles. The molecule has 0 spiro atoms. The molecule has 0 unspecified atom stereocenters. The number of aromatic hydroxyl groups is 1. The predicted molar refractivity (Wildman–Crippen MR) is 87.6 cm³/mol. The Kier molecular flexibility index (Phi) is 5.58. The van der Waals surface area contributed by atoms with Crippen molar-refractivity contribution in [2.75, 3.05) is 13.2 Å². The van der Waals surface area contributed by atoms with Gasteiger partial charge in [-0.1, -0.05) is 0 Å². The fraction of sp³-hybridized carbons (Fsp3) is 0.312. The molecule has 1 heterocycles. The third kappa shape index (κ3) is 3.55. The fourth-order valence-electron chi connectivity index (χ4n) is 2.29. The maximum Gasteiger partial charge on any atom is 0.336 e. The minimum Gasteiger partial charge on any atom is -0.506 e. The summed E-state index contributed by atoms with van der Waals surface area (Å²) < 4.78 is 35.4. The zero-order chi connectivity index (χ0) is 18.6. The molecule has 0 aliphatic heterocycles. The van der Waals surface area contributed by atoms with Crippen molar-refractivity contribution >= 4 is 32.7 Å². The first-order valence-corrected chi connectivity index (χ1v) is 9.03. The molecule has 0 bridgehead atoms. The number of carbonyl (C=O) groups excluding carboxylic acids is 2. The molecule has 134 valence electrons. The number of carbonyl (C=O) groups is 2. The van der Waals surface area contributed by atoms with Crippen LogP contribution in [-0.2, 0) is 28.9 Å². The summed E-state index contributed by atoms with van der Waals surface area (Å²) in [6.07, 6.45) is 1.38. The quantitative estimate of drug-likeness (QED) is 0.597. The van der Waals surface area contributed by atoms with Crippen molar-refractivity contribution in [3.8, 4) is 5.75 Å². The molecule has 0 fully saturated rings. The Bertz CT molecular complexity index is 890. The smallest absolute Gasteiger partial charge is 0.336 e. The van der Waals surface area contributed by atoms with E-state index in [1.54, 1.807) is 0 Å². The number of fused-ring (bicyclic) bond motifs is 1. The number of aromatic nitrogens is 1. The summed E-state index contributed by atoms with van der Waals surface area (Å²) in [6, 6.07) is 5.14. The van der Waals surface area contributed by atoms with Crippen LogP contribution in [0.1, 0.15) is 13.8 Å². The number of esters is 2. The lowest BCUT2D eigenvalue weighted by atomic mass is 10.2. The second kappa shape index (κ2) is 7.47. The molecule has 9 heteroatoms. The average Bonchev–Trinajstić information content (AvgIpc) is 2.55. The number of benzene rings is 1. The van der Waals surface area contributed by atoms with Crippen LogP contribution in [0.15, 0.2) is 35.4 Å². The molecule has 0 saturated heterocycles. The lowest BCUT2D eigenvalue weighted by Gasteiger charge is -2.16. The summed E-state index contributed by atoms with van der Waals surface area (Å²) in [6.45, 7) is 2.80. The van der Waals surface area contributed by atoms with Gasteiger partial charge in [-0.15, -0.1) is 0 Å². The Hall–Kier alpha value is -2.68. The Morgan fingerprint density at radius 3 is 2.28 bits per heavy atom. The molecule has 1 aromatic heterocycles. The van der Waals surface area contributed by atoms with E-state index in [0.717, 1.165) is 12.1 Å². The van der Waals surface area contributed by atoms with Crippen LogP contribution in [0.2, 0.25) is 0 Å². The van der Waals surface area contributed by atoms with Gasteiger partial charge in [-0.05, 0) is 38.1 Å². The lowest BCUT2D eigenvalue weighted by molar-refractivity contribution is -0.153. The minimum absolute atomic E-state index is 0.0371. The van der Waals surface area contributed by atoms with Gasteiger partial charge in [0.25, 0.3) is 5.25 Å². The van der Waals surface area contributed by atoms with Gasteiger partial charge in [0.05, 0.1) is 18.1 Å². The van der Waals surface area contributed by atoms with E-state index in [2.05, 4.69) is 4.98 Å². The number of nitrogens with zero attached hydrogens (tertiary/aromatic N) is 1. The third-order valence-corrected chi connectivity index (χ3v) is 5.30. The topological polar surface area (TPSA) is 120 Å². The first-order chi connectivity index (χ1) is 11.8. The summed E-state index contributed by atoms with van der Waals surface area (Å²) in [5.41, 5.74) is 0.0371. The van der Waals surface area contributed by atoms with E-state index in [4.69, 9.17) is 9.47 Å². The largest absolute Gasteiger partial charge is 0.506 e. The zero-order valence-electron chi connectivity index (χ0n) is 13.6. The van der Waals surface area contributed by atoms with E-state index in [9.17, 15) is 23.1 Å². The van der Waals surface area contributed by atoms with Gasteiger partial charge in [-0.2, -0.15) is 0 Å². The Morgan fingerprint density at radius 2 is 1.72 bits per heavy atom. The highest BCUT2D eigenvalue weighted by Gasteiger charge is 2.44. The molecule has 8 nitrogen and oxygen atoms in total. The number of ether oxygens (including phenoxy) is 2. The number of hydrogen-bond donors (Lipinski definition) is 1. The van der Waals surface area contributed by atoms with E-state index in [1.165, 1.54) is 32.2 Å². The van der Waals surface area contributed by atoms with Crippen LogP contribution in [0.25, 0.3) is 10.9 Å². The van der Waals surface area contributed by atoms with Crippen LogP contribution in [0.5, 0.6) is 5.75 Å². The lowest BCUT2D eigenvalue weighted by Crippen LogP contribution is -2.40. The zero-order valence-corrected chi connectivity index (χ0v) is 14.4. The average molecular weight is 367 g/mol. The predicted octanol–water partition coefficient (Wildman–Crippen LogP) is 1.21. The molecule has 0 atom stereocenters. The summed E-state index contributed by atoms with van der Waals surface area (Å²) in [7, 11) is -4.49. The van der Waals surface area contributed by atoms with E-state index in [0.29, 0.717) is 0 Å². The molecule has 0 amide bonds. The third-order valence-electron chi connectivity index (χ3n) is 3.33. The molecule has 2 aromatic rings. The molecule has 0 saturated carbocycles. The molecule has 0 radical (unpaired) electrons. The highest BCUT2D eigenvalue weighted by molar-refractivity contribution is 7.93. The number of phenols is 1. The van der Waals surface area contributed by atoms with Crippen molar-refractivity contribution in [3.05, 3.63) is 30.5 Å². The molecule has 0 aliphatic rings. The van der Waals surface area contributed by atoms with Crippen molar-refractivity contribution in [2.45, 2.75) is 24.0 Å². The van der Waals surface area contributed by atoms with Gasteiger partial charge in [-0.25, -0.2) is 18.0 Å². The molecule has 1 N–H and O–H groups in total. The van der Waals surface area contributed by atoms with Gasteiger partial charge in [0.1, 0.15) is 11.3 Å². The normalized spacial score (nSPS) is 11.5. The van der Waals surface area contributed by atoms with Crippen molar-refractivity contribution in [3.63, 3.8) is 0 Å². The van der Waals surface area contributed by atoms with Gasteiger partial charge in [0, 0.05) is 11.6 Å². The molecule has 0 aliphatic carbocycles. The van der Waals surface area contributed by atoms with Gasteiger partial charge in [-0.3, -0.25) is 4.98 Å². The van der Waals surface area contributed by atoms with Crippen LogP contribution in [-0.4, -0.2) is 48.9 Å². The van der Waals surface area contributed by atoms with Crippen molar-refractivity contribution < 1.29 is 32.6 Å². The van der Waals surface area contributed by atoms with Gasteiger partial charge < -0.3 is 14.6 Å². The van der Waals surface area contributed by atoms with Crippen LogP contribution in [0, 0.1) is 0 Å². The number of sulfone groups is 1. The fourth-order valence-corrected chi connectivity index (χ4v) is 3.92. The SMILES string of the molecule is CCOC(=O)C(C(=O)OCC)S(=O)(=O)c1ccc(O)c2ncccc12. The van der Waals surface area contributed by atoms with E-state index >= 15 is 0 Å². The maximum absolute atomic E-state index is 13.0. The molecular formula is C16H17NO7S. The maximum atomic E-state index is 13.0. The second-order valence-corrected chi connectivity index (χ2v) is 6.91. The van der Waals surface area contributed by atoms with Crippen molar-refractivity contribution in [2.24, 2.45) is 0 Å². The number of phenolic OH excluding ortho intramolecular Hbond substituents is 1. The summed E-state index contributed by atoms with van der Waals surface area (Å²) in [5.74, 6) is -2.66. The van der Waals surface area contributed by atoms with Crippen LogP contribution in [0.4, 0.5) is 0 Å². The van der Waals surface area contributed by atoms with Crippen molar-refractivity contribution in [1.29, 1.82) is 0 Å². The van der Waals surface area contributed by atoms with Crippen LogP contribution in [0.3, 0.4) is 0 Å². The summed E-state index contributed by atoms with van der Waals surface area (Å²) >= 11 is 0. The molecule has 25 heavy (non-hydrogen) atoms. The second-order valence-electron chi connectivity index (χ2n) is 4.91. The first kappa shape index (κ1) is 18.7. The molecular weight excluding hydrogens is 350 g/mol. The van der Waals surface area contributed by atoms with Gasteiger partial charge in [0.15, 0.2) is 0 Å². The standard InChI is InChI=1S/C16H17NO7S/c1-3-23-15(19)14(16(20)24-4-2)25(21,22)12-8-7-11(18)13-10(12)6-5-9-17-13/h5-9,14,18H,3-4H2,1-2H3. The highest BCUT2D eigenvalue weighted by Crippen LogP contribution is 2.31. The van der Waals surface area contributed by atoms with Crippen molar-refractivity contribution in [1.82, 2.24) is 4.98 Å². The highest BCUT2D eigenvalue weighted by atomic mass is 32.2. The van der Waals surface area contributed by atoms with Crippen LogP contribution >= 0.6 is 0 Å². The Morgan fingerprint density at radius 1 is 1.12 bits per heavy atom. The Balaban J connectivity index is 2.67. The van der Waals surface area contributed by atoms with Gasteiger partial charge in [0.2, 0.25) is 9.84 Å². The number of pyridine rings is 1. The Labute approximate surface area is 144 Å². The monoisotopic (exact) mass is 367 g/mol. The molecule has 2 rings (SSSR count). The first-order valence-electron chi connectivity index (χ1n) is 7.48. The summed E-state index contributed by atoms with van der Waals surface area (Å²) in [4.78, 5) is 27.8. The van der Waals surface area contributed by atoms with E-state index in [1.807, 2.05) is 0 Å². The van der Waals surface area contributed by atoms with E-state index in [-0.39, 0.29) is 34.8 Å². The number of rotatable bonds is 6. The minimum atomic E-state index is -4.49. The summed E-state index contributed by atoms with van der Waals surface area (Å²) in [5, 5.41) is 7.78. The van der Waals surface area contributed by atoms with E-state index < -0.39 is 27.0 Å². The van der Waals surface area contributed by atoms with Crippen LogP contribution < -0.4 is 0 Å². The number of hydrogen-bond acceptors (Lipinski definition) is 8.